The van der Waals surface area contributed by atoms with Gasteiger partial charge in [0.05, 0.1) is 11.5 Å². The maximum atomic E-state index is 14.2. The summed E-state index contributed by atoms with van der Waals surface area (Å²) in [5.74, 6) is 0.142. The number of rotatable bonds is 4. The summed E-state index contributed by atoms with van der Waals surface area (Å²) in [5, 5.41) is 0.512. The molecule has 2 N–H and O–H groups in total. The lowest BCUT2D eigenvalue weighted by molar-refractivity contribution is 0.0682. The molecule has 1 aliphatic heterocycles. The molecule has 1 saturated heterocycles. The zero-order valence-corrected chi connectivity index (χ0v) is 16.1. The summed E-state index contributed by atoms with van der Waals surface area (Å²) in [6, 6.07) is 5.11. The smallest absolute Gasteiger partial charge is 0.264 e. The molecule has 1 fully saturated rings. The van der Waals surface area contributed by atoms with E-state index in [0.29, 0.717) is 34.8 Å². The monoisotopic (exact) mass is 386 g/mol. The summed E-state index contributed by atoms with van der Waals surface area (Å²) >= 11 is 1.35. The Hall–Kier alpha value is -1.21. The minimum atomic E-state index is -0.300. The maximum Gasteiger partial charge on any atom is 0.264 e. The first-order valence-electron chi connectivity index (χ1n) is 8.26. The van der Waals surface area contributed by atoms with E-state index in [1.807, 2.05) is 17.9 Å². The van der Waals surface area contributed by atoms with Crippen LogP contribution in [0.4, 0.5) is 4.39 Å². The van der Waals surface area contributed by atoms with Crippen molar-refractivity contribution < 1.29 is 13.9 Å². The first kappa shape index (κ1) is 20.1. The van der Waals surface area contributed by atoms with Crippen molar-refractivity contribution in [2.75, 3.05) is 20.2 Å². The SMILES string of the molecule is COCc1c(C(=O)N2CCC(C(C)N)CC2)sc2cccc(F)c12.Cl. The van der Waals surface area contributed by atoms with Crippen LogP contribution in [0.1, 0.15) is 35.0 Å². The summed E-state index contributed by atoms with van der Waals surface area (Å²) in [6.07, 6.45) is 1.84. The zero-order chi connectivity index (χ0) is 17.3. The molecule has 0 radical (unpaired) electrons. The van der Waals surface area contributed by atoms with Crippen LogP contribution in [0.3, 0.4) is 0 Å². The molecule has 3 rings (SSSR count). The molecule has 0 bridgehead atoms. The minimum Gasteiger partial charge on any atom is -0.380 e. The van der Waals surface area contributed by atoms with E-state index in [-0.39, 0.29) is 36.8 Å². The predicted octanol–water partition coefficient (Wildman–Crippen LogP) is 3.81. The van der Waals surface area contributed by atoms with Crippen molar-refractivity contribution in [2.45, 2.75) is 32.4 Å². The molecule has 2 aromatic rings. The summed E-state index contributed by atoms with van der Waals surface area (Å²) in [6.45, 7) is 3.66. The van der Waals surface area contributed by atoms with Crippen LogP contribution in [0.15, 0.2) is 18.2 Å². The number of piperidine rings is 1. The molecule has 2 heterocycles. The number of nitrogens with two attached hydrogens (primary N) is 1. The Bertz CT molecular complexity index is 742. The van der Waals surface area contributed by atoms with Gasteiger partial charge in [-0.2, -0.15) is 0 Å². The Morgan fingerprint density at radius 2 is 2.12 bits per heavy atom. The molecule has 1 aromatic carbocycles. The van der Waals surface area contributed by atoms with Gasteiger partial charge in [0.1, 0.15) is 5.82 Å². The molecule has 25 heavy (non-hydrogen) atoms. The molecular formula is C18H24ClFN2O2S. The third-order valence-corrected chi connectivity index (χ3v) is 6.00. The number of hydrogen-bond acceptors (Lipinski definition) is 4. The second-order valence-corrected chi connectivity index (χ2v) is 7.50. The van der Waals surface area contributed by atoms with Gasteiger partial charge in [-0.3, -0.25) is 4.79 Å². The first-order valence-corrected chi connectivity index (χ1v) is 9.08. The first-order chi connectivity index (χ1) is 11.5. The molecule has 1 aliphatic rings. The fraction of sp³-hybridized carbons (Fsp3) is 0.500. The fourth-order valence-electron chi connectivity index (χ4n) is 3.39. The number of amides is 1. The van der Waals surface area contributed by atoms with E-state index in [9.17, 15) is 9.18 Å². The minimum absolute atomic E-state index is 0. The predicted molar refractivity (Wildman–Crippen MR) is 102 cm³/mol. The summed E-state index contributed by atoms with van der Waals surface area (Å²) < 4.78 is 20.3. The third kappa shape index (κ3) is 3.97. The van der Waals surface area contributed by atoms with Crippen LogP contribution in [-0.2, 0) is 11.3 Å². The topological polar surface area (TPSA) is 55.6 Å². The van der Waals surface area contributed by atoms with Gasteiger partial charge in [-0.15, -0.1) is 23.7 Å². The molecule has 0 spiro atoms. The van der Waals surface area contributed by atoms with E-state index in [1.54, 1.807) is 13.2 Å². The van der Waals surface area contributed by atoms with Crippen LogP contribution >= 0.6 is 23.7 Å². The highest BCUT2D eigenvalue weighted by Crippen LogP contribution is 2.35. The number of ether oxygens (including phenoxy) is 1. The van der Waals surface area contributed by atoms with Gasteiger partial charge in [0.25, 0.3) is 5.91 Å². The molecule has 1 aromatic heterocycles. The van der Waals surface area contributed by atoms with E-state index in [4.69, 9.17) is 10.5 Å². The zero-order valence-electron chi connectivity index (χ0n) is 14.5. The van der Waals surface area contributed by atoms with Gasteiger partial charge in [0.2, 0.25) is 0 Å². The highest BCUT2D eigenvalue weighted by molar-refractivity contribution is 7.21. The van der Waals surface area contributed by atoms with Crippen LogP contribution in [0.2, 0.25) is 0 Å². The average Bonchev–Trinajstić information content (AvgIpc) is 2.94. The summed E-state index contributed by atoms with van der Waals surface area (Å²) in [4.78, 5) is 15.4. The van der Waals surface area contributed by atoms with Crippen LogP contribution in [0.5, 0.6) is 0 Å². The number of methoxy groups -OCH3 is 1. The number of halogens is 2. The molecule has 4 nitrogen and oxygen atoms in total. The molecule has 7 heteroatoms. The average molecular weight is 387 g/mol. The van der Waals surface area contributed by atoms with E-state index < -0.39 is 0 Å². The Morgan fingerprint density at radius 3 is 2.72 bits per heavy atom. The van der Waals surface area contributed by atoms with Crippen molar-refractivity contribution >= 4 is 39.7 Å². The standard InChI is InChI=1S/C18H23FN2O2S.ClH/c1-11(20)12-6-8-21(9-7-12)18(22)17-13(10-23-2)16-14(19)4-3-5-15(16)24-17;/h3-5,11-12H,6-10,20H2,1-2H3;1H. The number of likely N-dealkylation sites (tertiary alicyclic amines) is 1. The van der Waals surface area contributed by atoms with E-state index in [2.05, 4.69) is 0 Å². The summed E-state index contributed by atoms with van der Waals surface area (Å²) in [5.41, 5.74) is 6.63. The Kier molecular flexibility index (Phi) is 6.79. The molecule has 1 unspecified atom stereocenters. The van der Waals surface area contributed by atoms with E-state index in [0.717, 1.165) is 17.5 Å². The van der Waals surface area contributed by atoms with Gasteiger partial charge in [0.15, 0.2) is 0 Å². The lowest BCUT2D eigenvalue weighted by Crippen LogP contribution is -2.42. The number of carbonyl (C=O) groups is 1. The molecule has 0 aliphatic carbocycles. The number of nitrogens with zero attached hydrogens (tertiary/aromatic N) is 1. The van der Waals surface area contributed by atoms with Crippen LogP contribution in [-0.4, -0.2) is 37.0 Å². The van der Waals surface area contributed by atoms with Gasteiger partial charge in [-0.25, -0.2) is 4.39 Å². The lowest BCUT2D eigenvalue weighted by atomic mass is 9.91. The van der Waals surface area contributed by atoms with Crippen LogP contribution in [0, 0.1) is 11.7 Å². The summed E-state index contributed by atoms with van der Waals surface area (Å²) in [7, 11) is 1.56. The van der Waals surface area contributed by atoms with Gasteiger partial charge >= 0.3 is 0 Å². The third-order valence-electron chi connectivity index (χ3n) is 4.82. The van der Waals surface area contributed by atoms with Crippen molar-refractivity contribution in [1.82, 2.24) is 4.90 Å². The molecule has 0 saturated carbocycles. The lowest BCUT2D eigenvalue weighted by Gasteiger charge is -2.33. The van der Waals surface area contributed by atoms with E-state index in [1.165, 1.54) is 17.4 Å². The quantitative estimate of drug-likeness (QED) is 0.869. The number of benzene rings is 1. The van der Waals surface area contributed by atoms with Crippen molar-refractivity contribution in [3.8, 4) is 0 Å². The second-order valence-electron chi connectivity index (χ2n) is 6.44. The van der Waals surface area contributed by atoms with Crippen LogP contribution in [0.25, 0.3) is 10.1 Å². The van der Waals surface area contributed by atoms with Crippen molar-refractivity contribution in [2.24, 2.45) is 11.7 Å². The normalized spacial score (nSPS) is 16.7. The number of hydrogen-bond donors (Lipinski definition) is 1. The number of thiophene rings is 1. The Labute approximate surface area is 157 Å². The van der Waals surface area contributed by atoms with Gasteiger partial charge in [0, 0.05) is 41.9 Å². The molecular weight excluding hydrogens is 363 g/mol. The van der Waals surface area contributed by atoms with Crippen molar-refractivity contribution in [1.29, 1.82) is 0 Å². The van der Waals surface area contributed by atoms with Gasteiger partial charge in [-0.05, 0) is 37.8 Å². The fourth-order valence-corrected chi connectivity index (χ4v) is 4.58. The van der Waals surface area contributed by atoms with Crippen molar-refractivity contribution in [3.63, 3.8) is 0 Å². The number of carbonyl (C=O) groups excluding carboxylic acids is 1. The van der Waals surface area contributed by atoms with Gasteiger partial charge in [-0.1, -0.05) is 6.07 Å². The second kappa shape index (κ2) is 8.45. The molecule has 1 atom stereocenters. The van der Waals surface area contributed by atoms with Crippen LogP contribution < -0.4 is 5.73 Å². The van der Waals surface area contributed by atoms with E-state index >= 15 is 0 Å². The Morgan fingerprint density at radius 1 is 1.44 bits per heavy atom. The van der Waals surface area contributed by atoms with Crippen molar-refractivity contribution in [3.05, 3.63) is 34.5 Å². The maximum absolute atomic E-state index is 14.2. The Balaban J connectivity index is 0.00000225. The largest absolute Gasteiger partial charge is 0.380 e. The highest BCUT2D eigenvalue weighted by atomic mass is 35.5. The number of fused-ring (bicyclic) bond motifs is 1. The molecule has 138 valence electrons. The molecule has 1 amide bonds. The van der Waals surface area contributed by atoms with Gasteiger partial charge < -0.3 is 15.4 Å². The highest BCUT2D eigenvalue weighted by Gasteiger charge is 2.29.